The van der Waals surface area contributed by atoms with E-state index in [0.29, 0.717) is 67.4 Å². The van der Waals surface area contributed by atoms with E-state index in [-0.39, 0.29) is 48.8 Å². The highest BCUT2D eigenvalue weighted by molar-refractivity contribution is 5.96. The molecule has 2 saturated carbocycles. The van der Waals surface area contributed by atoms with Crippen LogP contribution >= 0.6 is 0 Å². The van der Waals surface area contributed by atoms with Gasteiger partial charge in [0.05, 0.1) is 37.1 Å². The van der Waals surface area contributed by atoms with E-state index in [9.17, 15) is 25.5 Å². The monoisotopic (exact) mass is 917 g/mol. The molecule has 2 heterocycles. The maximum absolute atomic E-state index is 13.1. The summed E-state index contributed by atoms with van der Waals surface area (Å²) in [7, 11) is 3.56. The van der Waals surface area contributed by atoms with Gasteiger partial charge in [-0.3, -0.25) is 0 Å². The summed E-state index contributed by atoms with van der Waals surface area (Å²) in [5.41, 5.74) is 4.68. The molecule has 12 nitrogen and oxygen atoms in total. The molecule has 358 valence electrons. The Balaban J connectivity index is 1.16. The number of rotatable bonds is 18. The maximum Gasteiger partial charge on any atom is 0.133 e. The lowest BCUT2D eigenvalue weighted by atomic mass is 9.72. The van der Waals surface area contributed by atoms with Gasteiger partial charge in [-0.2, -0.15) is 0 Å². The fourth-order valence-corrected chi connectivity index (χ4v) is 11.1. The Kier molecular flexibility index (Phi) is 14.9. The molecule has 5 aromatic rings. The van der Waals surface area contributed by atoms with Crippen molar-refractivity contribution in [1.29, 1.82) is 0 Å². The number of ether oxygens (including phenoxy) is 6. The number of phenols is 3. The SMILES string of the molecule is CNC[C@H](CCO)O[C@H]1c2cc(OC3CCCCC3)c3cc(O)ccc3c2O[C@H](CCCOC)[C@H]1[C@H]1COc2c(Cc3cc(O)ccc3-c3cccc(O)c3)cc(OC3CCCC3)cc2[C@H]1O. The average molecular weight is 918 g/mol. The van der Waals surface area contributed by atoms with Gasteiger partial charge in [0.1, 0.15) is 46.4 Å². The Labute approximate surface area is 393 Å². The second kappa shape index (κ2) is 21.4. The Morgan fingerprint density at radius 2 is 1.51 bits per heavy atom. The van der Waals surface area contributed by atoms with Gasteiger partial charge in [-0.1, -0.05) is 24.6 Å². The number of aromatic hydroxyl groups is 3. The van der Waals surface area contributed by atoms with E-state index in [2.05, 4.69) is 5.32 Å². The molecule has 2 aliphatic carbocycles. The minimum atomic E-state index is -1.04. The summed E-state index contributed by atoms with van der Waals surface area (Å²) < 4.78 is 40.6. The lowest BCUT2D eigenvalue weighted by molar-refractivity contribution is -0.135. The van der Waals surface area contributed by atoms with E-state index in [4.69, 9.17) is 28.4 Å². The van der Waals surface area contributed by atoms with Crippen molar-refractivity contribution in [2.75, 3.05) is 40.5 Å². The van der Waals surface area contributed by atoms with E-state index in [1.807, 2.05) is 43.4 Å². The summed E-state index contributed by atoms with van der Waals surface area (Å²) in [5, 5.41) is 60.3. The Morgan fingerprint density at radius 1 is 0.761 bits per heavy atom. The van der Waals surface area contributed by atoms with Crippen molar-refractivity contribution in [3.8, 4) is 51.4 Å². The molecule has 0 amide bonds. The molecule has 0 saturated heterocycles. The van der Waals surface area contributed by atoms with Crippen LogP contribution in [0.5, 0.6) is 40.2 Å². The van der Waals surface area contributed by atoms with Gasteiger partial charge in [0, 0.05) is 72.6 Å². The van der Waals surface area contributed by atoms with Crippen molar-refractivity contribution in [3.63, 3.8) is 0 Å². The smallest absolute Gasteiger partial charge is 0.133 e. The largest absolute Gasteiger partial charge is 0.508 e. The highest BCUT2D eigenvalue weighted by atomic mass is 16.5. The molecule has 0 unspecified atom stereocenters. The van der Waals surface area contributed by atoms with Crippen LogP contribution in [0.1, 0.15) is 112 Å². The fourth-order valence-electron chi connectivity index (χ4n) is 11.1. The second-order valence-corrected chi connectivity index (χ2v) is 19.0. The van der Waals surface area contributed by atoms with Crippen molar-refractivity contribution < 1.29 is 54.0 Å². The average Bonchev–Trinajstić information content (AvgIpc) is 3.84. The number of likely N-dealkylation sites (N-methyl/N-ethyl adjacent to an activating group) is 1. The molecule has 2 fully saturated rings. The molecule has 5 aromatic carbocycles. The van der Waals surface area contributed by atoms with Crippen LogP contribution in [0.3, 0.4) is 0 Å². The van der Waals surface area contributed by atoms with Gasteiger partial charge < -0.3 is 59.3 Å². The number of nitrogens with one attached hydrogen (secondary N) is 1. The zero-order valence-electron chi connectivity index (χ0n) is 38.8. The third-order valence-corrected chi connectivity index (χ3v) is 14.4. The molecule has 2 aliphatic heterocycles. The molecule has 4 aliphatic rings. The van der Waals surface area contributed by atoms with Crippen LogP contribution in [-0.4, -0.2) is 90.5 Å². The molecule has 67 heavy (non-hydrogen) atoms. The van der Waals surface area contributed by atoms with E-state index >= 15 is 0 Å². The minimum Gasteiger partial charge on any atom is -0.508 e. The first kappa shape index (κ1) is 46.9. The minimum absolute atomic E-state index is 0.0286. The van der Waals surface area contributed by atoms with Crippen LogP contribution in [-0.2, 0) is 15.9 Å². The molecule has 0 bridgehead atoms. The standard InChI is InChI=1S/C55H67NO11/c1-56-31-41(21-22-57)66-55-47-30-50(65-40-12-4-3-5-13-40)45-28-38(60)18-20-44(45)54(47)67-49(16-9-23-62-2)51(55)48-32-63-53-35(27-42(29-46(53)52(48)61)64-39-14-6-7-15-39)24-34-26-37(59)17-19-43(34)33-10-8-11-36(58)25-33/h8,10-11,17-20,25-30,39-41,48-49,51-52,55-61H,3-7,9,12-16,21-24,31-32H2,1-2H3/t41-,48+,49+,51+,52+,55-/m0/s1. The van der Waals surface area contributed by atoms with Gasteiger partial charge in [0.2, 0.25) is 0 Å². The van der Waals surface area contributed by atoms with Crippen LogP contribution in [0, 0.1) is 11.8 Å². The van der Waals surface area contributed by atoms with Crippen LogP contribution in [0.2, 0.25) is 0 Å². The molecule has 12 heteroatoms. The summed E-state index contributed by atoms with van der Waals surface area (Å²) in [5.74, 6) is 1.93. The summed E-state index contributed by atoms with van der Waals surface area (Å²) in [6.07, 6.45) is 8.93. The second-order valence-electron chi connectivity index (χ2n) is 19.0. The molecule has 9 rings (SSSR count). The highest BCUT2D eigenvalue weighted by Gasteiger charge is 2.50. The number of hydrogen-bond acceptors (Lipinski definition) is 12. The van der Waals surface area contributed by atoms with Crippen molar-refractivity contribution in [3.05, 3.63) is 101 Å². The van der Waals surface area contributed by atoms with Gasteiger partial charge in [0.15, 0.2) is 0 Å². The molecular formula is C55H67NO11. The van der Waals surface area contributed by atoms with Crippen LogP contribution in [0.15, 0.2) is 78.9 Å². The summed E-state index contributed by atoms with van der Waals surface area (Å²) in [6.45, 7) is 1.08. The number of benzene rings is 5. The van der Waals surface area contributed by atoms with Crippen LogP contribution in [0.25, 0.3) is 21.9 Å². The van der Waals surface area contributed by atoms with E-state index in [1.54, 1.807) is 49.6 Å². The normalized spacial score (nSPS) is 22.4. The quantitative estimate of drug-likeness (QED) is 0.0461. The molecule has 0 spiro atoms. The Morgan fingerprint density at radius 3 is 2.27 bits per heavy atom. The molecule has 0 radical (unpaired) electrons. The van der Waals surface area contributed by atoms with Crippen molar-refractivity contribution >= 4 is 10.8 Å². The van der Waals surface area contributed by atoms with Gasteiger partial charge >= 0.3 is 0 Å². The predicted octanol–water partition coefficient (Wildman–Crippen LogP) is 9.82. The van der Waals surface area contributed by atoms with Gasteiger partial charge in [0.25, 0.3) is 0 Å². The predicted molar refractivity (Wildman–Crippen MR) is 257 cm³/mol. The zero-order valence-corrected chi connectivity index (χ0v) is 38.8. The number of aliphatic hydroxyl groups excluding tert-OH is 2. The lowest BCUT2D eigenvalue weighted by Gasteiger charge is -2.47. The van der Waals surface area contributed by atoms with Crippen molar-refractivity contribution in [1.82, 2.24) is 5.32 Å². The number of phenolic OH excluding ortho intramolecular Hbond substituents is 3. The highest BCUT2D eigenvalue weighted by Crippen LogP contribution is 2.55. The first-order valence-corrected chi connectivity index (χ1v) is 24.5. The molecule has 6 N–H and O–H groups in total. The molecule has 0 aromatic heterocycles. The van der Waals surface area contributed by atoms with E-state index in [1.165, 1.54) is 6.42 Å². The lowest BCUT2D eigenvalue weighted by Crippen LogP contribution is -2.48. The number of aliphatic hydroxyl groups is 2. The summed E-state index contributed by atoms with van der Waals surface area (Å²) >= 11 is 0. The van der Waals surface area contributed by atoms with Gasteiger partial charge in [-0.05, 0) is 155 Å². The van der Waals surface area contributed by atoms with Crippen LogP contribution < -0.4 is 24.3 Å². The van der Waals surface area contributed by atoms with E-state index < -0.39 is 30.1 Å². The first-order valence-electron chi connectivity index (χ1n) is 24.5. The Bertz CT molecular complexity index is 2460. The van der Waals surface area contributed by atoms with Crippen molar-refractivity contribution in [2.45, 2.75) is 120 Å². The maximum atomic E-state index is 13.1. The summed E-state index contributed by atoms with van der Waals surface area (Å²) in [4.78, 5) is 0. The molecule has 6 atom stereocenters. The van der Waals surface area contributed by atoms with Gasteiger partial charge in [-0.25, -0.2) is 0 Å². The van der Waals surface area contributed by atoms with E-state index in [0.717, 1.165) is 90.0 Å². The number of hydrogen-bond donors (Lipinski definition) is 6. The van der Waals surface area contributed by atoms with Gasteiger partial charge in [-0.15, -0.1) is 0 Å². The van der Waals surface area contributed by atoms with Crippen LogP contribution in [0.4, 0.5) is 0 Å². The fraction of sp³-hybridized carbons (Fsp3) is 0.491. The molecular weight excluding hydrogens is 851 g/mol. The number of methoxy groups -OCH3 is 1. The third kappa shape index (κ3) is 10.4. The Hall–Kier alpha value is -5.24. The topological polar surface area (TPSA) is 169 Å². The summed E-state index contributed by atoms with van der Waals surface area (Å²) in [6, 6.07) is 23.6. The first-order chi connectivity index (χ1) is 32.7. The van der Waals surface area contributed by atoms with Crippen molar-refractivity contribution in [2.24, 2.45) is 11.8 Å². The third-order valence-electron chi connectivity index (χ3n) is 14.4. The zero-order chi connectivity index (χ0) is 46.4. The number of fused-ring (bicyclic) bond motifs is 4.